The second-order valence-electron chi connectivity index (χ2n) is 5.73. The number of benzene rings is 1. The molecule has 0 aliphatic carbocycles. The van der Waals surface area contributed by atoms with Crippen molar-refractivity contribution in [1.29, 1.82) is 0 Å². The normalized spacial score (nSPS) is 15.9. The molecular weight excluding hydrogens is 440 g/mol. The summed E-state index contributed by atoms with van der Waals surface area (Å²) in [4.78, 5) is 23.8. The summed E-state index contributed by atoms with van der Waals surface area (Å²) in [6, 6.07) is 6.65. The van der Waals surface area contributed by atoms with Crippen LogP contribution in [-0.2, 0) is 24.3 Å². The Kier molecular flexibility index (Phi) is 6.59. The molecule has 0 unspecified atom stereocenters. The van der Waals surface area contributed by atoms with Gasteiger partial charge in [0.05, 0.1) is 30.8 Å². The number of nitrogens with zero attached hydrogens (tertiary/aromatic N) is 3. The highest BCUT2D eigenvalue weighted by Crippen LogP contribution is 2.35. The summed E-state index contributed by atoms with van der Waals surface area (Å²) in [6.07, 6.45) is -1.05. The Bertz CT molecular complexity index is 1010. The summed E-state index contributed by atoms with van der Waals surface area (Å²) in [5.74, 6) is -0.667. The van der Waals surface area contributed by atoms with Gasteiger partial charge in [-0.15, -0.1) is 10.2 Å². The van der Waals surface area contributed by atoms with Gasteiger partial charge in [-0.3, -0.25) is 19.2 Å². The molecule has 0 bridgehead atoms. The Morgan fingerprint density at radius 2 is 2.14 bits per heavy atom. The van der Waals surface area contributed by atoms with Gasteiger partial charge >= 0.3 is 5.97 Å². The molecule has 1 aliphatic rings. The first-order valence-corrected chi connectivity index (χ1v) is 11.8. The first kappa shape index (κ1) is 21.3. The fraction of sp³-hybridized carbons (Fsp3) is 0.375. The van der Waals surface area contributed by atoms with Crippen molar-refractivity contribution >= 4 is 55.8 Å². The predicted octanol–water partition coefficient (Wildman–Crippen LogP) is 1.36. The van der Waals surface area contributed by atoms with Crippen molar-refractivity contribution in [3.05, 3.63) is 24.3 Å². The fourth-order valence-corrected chi connectivity index (χ4v) is 5.15. The summed E-state index contributed by atoms with van der Waals surface area (Å²) in [6.45, 7) is 1.39. The van der Waals surface area contributed by atoms with E-state index in [1.54, 1.807) is 24.3 Å². The van der Waals surface area contributed by atoms with E-state index >= 15 is 0 Å². The number of anilines is 2. The lowest BCUT2D eigenvalue weighted by molar-refractivity contribution is -0.137. The maximum Gasteiger partial charge on any atom is 0.316 e. The number of esters is 1. The van der Waals surface area contributed by atoms with Gasteiger partial charge in [0.15, 0.2) is 10.4 Å². The van der Waals surface area contributed by atoms with Gasteiger partial charge < -0.3 is 9.47 Å². The van der Waals surface area contributed by atoms with Gasteiger partial charge in [-0.1, -0.05) is 35.2 Å². The number of hydrogen-bond acceptors (Lipinski definition) is 10. The van der Waals surface area contributed by atoms with E-state index in [9.17, 15) is 18.0 Å². The molecule has 2 heterocycles. The highest BCUT2D eigenvalue weighted by atomic mass is 32.2. The molecule has 0 fully saturated rings. The number of sulfonamides is 1. The average Bonchev–Trinajstić information content (AvgIpc) is 3.18. The third-order valence-electron chi connectivity index (χ3n) is 3.91. The molecule has 0 saturated carbocycles. The minimum absolute atomic E-state index is 0.0748. The first-order valence-electron chi connectivity index (χ1n) is 8.44. The Morgan fingerprint density at radius 1 is 1.38 bits per heavy atom. The quantitative estimate of drug-likeness (QED) is 0.371. The molecule has 0 radical (unpaired) electrons. The van der Waals surface area contributed by atoms with Crippen LogP contribution in [0.15, 0.2) is 28.6 Å². The van der Waals surface area contributed by atoms with Gasteiger partial charge in [-0.2, -0.15) is 0 Å². The van der Waals surface area contributed by atoms with Gasteiger partial charge in [0, 0.05) is 0 Å². The number of methoxy groups -OCH3 is 1. The molecule has 0 spiro atoms. The molecule has 3 rings (SSSR count). The number of ether oxygens (including phenoxy) is 2. The Balaban J connectivity index is 1.72. The lowest BCUT2D eigenvalue weighted by atomic mass is 10.2. The number of carbonyl (C=O) groups excluding carboxylic acids is 2. The molecule has 1 amide bonds. The zero-order chi connectivity index (χ0) is 21.0. The summed E-state index contributed by atoms with van der Waals surface area (Å²) in [7, 11) is -2.30. The second kappa shape index (κ2) is 8.97. The van der Waals surface area contributed by atoms with Gasteiger partial charge in [-0.05, 0) is 19.1 Å². The molecular formula is C16H18N4O6S3. The van der Waals surface area contributed by atoms with Crippen molar-refractivity contribution in [2.24, 2.45) is 0 Å². The summed E-state index contributed by atoms with van der Waals surface area (Å²) >= 11 is 2.22. The third-order valence-corrected chi connectivity index (χ3v) is 7.60. The van der Waals surface area contributed by atoms with Crippen LogP contribution in [0, 0.1) is 0 Å². The van der Waals surface area contributed by atoms with E-state index in [2.05, 4.69) is 20.3 Å². The van der Waals surface area contributed by atoms with E-state index in [1.165, 1.54) is 18.3 Å². The van der Waals surface area contributed by atoms with Gasteiger partial charge in [0.25, 0.3) is 5.91 Å². The standard InChI is InChI=1S/C16H18N4O6S3/c1-3-29(23,24)20-8-12(26-11-7-5-4-6-10(11)20)14(22)17-15-18-19-16(28-15)27-9-13(21)25-2/h4-7,12H,3,8-9H2,1-2H3,(H,17,18,22)/t12-/m0/s1. The molecule has 1 aromatic heterocycles. The van der Waals surface area contributed by atoms with E-state index in [0.717, 1.165) is 23.1 Å². The van der Waals surface area contributed by atoms with E-state index in [0.29, 0.717) is 15.8 Å². The molecule has 156 valence electrons. The summed E-state index contributed by atoms with van der Waals surface area (Å²) in [5, 5.41) is 10.5. The van der Waals surface area contributed by atoms with Crippen LogP contribution in [0.2, 0.25) is 0 Å². The number of nitrogens with one attached hydrogen (secondary N) is 1. The molecule has 1 N–H and O–H groups in total. The third kappa shape index (κ3) is 4.97. The number of fused-ring (bicyclic) bond motifs is 1. The van der Waals surface area contributed by atoms with Crippen molar-refractivity contribution in [2.75, 3.05) is 34.8 Å². The number of aromatic nitrogens is 2. The smallest absolute Gasteiger partial charge is 0.316 e. The Labute approximate surface area is 175 Å². The molecule has 0 saturated heterocycles. The number of amides is 1. The van der Waals surface area contributed by atoms with Gasteiger partial charge in [0.1, 0.15) is 5.75 Å². The topological polar surface area (TPSA) is 128 Å². The summed E-state index contributed by atoms with van der Waals surface area (Å²) in [5.41, 5.74) is 0.399. The second-order valence-corrected chi connectivity index (χ2v) is 10.1. The average molecular weight is 459 g/mol. The van der Waals surface area contributed by atoms with Gasteiger partial charge in [0.2, 0.25) is 15.2 Å². The highest BCUT2D eigenvalue weighted by molar-refractivity contribution is 8.01. The van der Waals surface area contributed by atoms with Crippen molar-refractivity contribution < 1.29 is 27.5 Å². The van der Waals surface area contributed by atoms with Gasteiger partial charge in [-0.25, -0.2) is 8.42 Å². The number of rotatable bonds is 7. The molecule has 1 aliphatic heterocycles. The number of hydrogen-bond donors (Lipinski definition) is 1. The molecule has 10 nitrogen and oxygen atoms in total. The zero-order valence-electron chi connectivity index (χ0n) is 15.5. The SMILES string of the molecule is CCS(=O)(=O)N1C[C@@H](C(=O)Nc2nnc(SCC(=O)OC)s2)Oc2ccccc21. The molecule has 1 atom stereocenters. The van der Waals surface area contributed by atoms with Crippen molar-refractivity contribution in [3.63, 3.8) is 0 Å². The number of carbonyl (C=O) groups is 2. The number of thioether (sulfide) groups is 1. The van der Waals surface area contributed by atoms with Crippen LogP contribution in [0.3, 0.4) is 0 Å². The number of para-hydroxylation sites is 2. The zero-order valence-corrected chi connectivity index (χ0v) is 18.0. The van der Waals surface area contributed by atoms with E-state index < -0.39 is 28.0 Å². The highest BCUT2D eigenvalue weighted by Gasteiger charge is 2.36. The van der Waals surface area contributed by atoms with Crippen LogP contribution in [-0.4, -0.2) is 61.8 Å². The molecule has 13 heteroatoms. The van der Waals surface area contributed by atoms with Crippen LogP contribution in [0.5, 0.6) is 5.75 Å². The van der Waals surface area contributed by atoms with E-state index in [1.807, 2.05) is 0 Å². The van der Waals surface area contributed by atoms with Crippen LogP contribution < -0.4 is 14.4 Å². The van der Waals surface area contributed by atoms with Crippen LogP contribution in [0.1, 0.15) is 6.92 Å². The Morgan fingerprint density at radius 3 is 2.86 bits per heavy atom. The summed E-state index contributed by atoms with van der Waals surface area (Å²) < 4.78 is 36.9. The van der Waals surface area contributed by atoms with E-state index in [4.69, 9.17) is 4.74 Å². The fourth-order valence-electron chi connectivity index (χ4n) is 2.44. The minimum Gasteiger partial charge on any atom is -0.476 e. The maximum atomic E-state index is 12.7. The monoisotopic (exact) mass is 458 g/mol. The molecule has 1 aromatic carbocycles. The van der Waals surface area contributed by atoms with Crippen molar-refractivity contribution in [2.45, 2.75) is 17.4 Å². The van der Waals surface area contributed by atoms with E-state index in [-0.39, 0.29) is 23.2 Å². The lowest BCUT2D eigenvalue weighted by Crippen LogP contribution is -2.49. The lowest BCUT2D eigenvalue weighted by Gasteiger charge is -2.34. The molecule has 2 aromatic rings. The van der Waals surface area contributed by atoms with Crippen LogP contribution in [0.25, 0.3) is 0 Å². The largest absolute Gasteiger partial charge is 0.476 e. The Hall–Kier alpha value is -2.38. The first-order chi connectivity index (χ1) is 13.8. The van der Waals surface area contributed by atoms with Crippen molar-refractivity contribution in [1.82, 2.24) is 10.2 Å². The minimum atomic E-state index is -3.59. The van der Waals surface area contributed by atoms with Crippen LogP contribution >= 0.6 is 23.1 Å². The predicted molar refractivity (Wildman–Crippen MR) is 109 cm³/mol. The van der Waals surface area contributed by atoms with Crippen molar-refractivity contribution in [3.8, 4) is 5.75 Å². The molecule has 29 heavy (non-hydrogen) atoms. The van der Waals surface area contributed by atoms with Crippen LogP contribution in [0.4, 0.5) is 10.8 Å². The maximum absolute atomic E-state index is 12.7.